The third-order valence-corrected chi connectivity index (χ3v) is 5.90. The second kappa shape index (κ2) is 7.13. The van der Waals surface area contributed by atoms with Gasteiger partial charge in [0, 0.05) is 51.7 Å². The molecule has 2 aromatic rings. The van der Waals surface area contributed by atoms with Crippen LogP contribution in [-0.2, 0) is 11.8 Å². The fourth-order valence-corrected chi connectivity index (χ4v) is 4.30. The predicted molar refractivity (Wildman–Crippen MR) is 104 cm³/mol. The van der Waals surface area contributed by atoms with Gasteiger partial charge in [-0.15, -0.1) is 0 Å². The Balaban J connectivity index is 1.63. The number of nitrogens with one attached hydrogen (secondary N) is 1. The zero-order valence-corrected chi connectivity index (χ0v) is 16.7. The molecule has 2 atom stereocenters. The SMILES string of the molecule is CN1CCC2(CCC1=O)CC(NC(=O)c1nn(C)cc1Cl)c1ccccc1O2. The van der Waals surface area contributed by atoms with Crippen LogP contribution in [0.5, 0.6) is 5.75 Å². The van der Waals surface area contributed by atoms with E-state index in [2.05, 4.69) is 10.4 Å². The molecule has 1 saturated heterocycles. The minimum absolute atomic E-state index is 0.125. The summed E-state index contributed by atoms with van der Waals surface area (Å²) >= 11 is 6.14. The van der Waals surface area contributed by atoms with E-state index in [-0.39, 0.29) is 23.6 Å². The van der Waals surface area contributed by atoms with E-state index < -0.39 is 5.60 Å². The van der Waals surface area contributed by atoms with Crippen molar-refractivity contribution in [3.05, 3.63) is 46.7 Å². The lowest BCUT2D eigenvalue weighted by Crippen LogP contribution is -2.46. The van der Waals surface area contributed by atoms with E-state index in [0.717, 1.165) is 17.7 Å². The number of aryl methyl sites for hydroxylation is 1. The number of halogens is 1. The normalized spacial score (nSPS) is 24.5. The number of ether oxygens (including phenoxy) is 1. The number of aromatic nitrogens is 2. The number of rotatable bonds is 2. The van der Waals surface area contributed by atoms with E-state index >= 15 is 0 Å². The monoisotopic (exact) mass is 402 g/mol. The molecule has 28 heavy (non-hydrogen) atoms. The first-order valence-corrected chi connectivity index (χ1v) is 9.77. The maximum atomic E-state index is 12.8. The molecule has 1 aromatic carbocycles. The van der Waals surface area contributed by atoms with E-state index in [1.807, 2.05) is 31.3 Å². The number of amides is 2. The number of nitrogens with zero attached hydrogens (tertiary/aromatic N) is 3. The maximum Gasteiger partial charge on any atom is 0.273 e. The minimum Gasteiger partial charge on any atom is -0.487 e. The summed E-state index contributed by atoms with van der Waals surface area (Å²) in [5.41, 5.74) is 0.649. The molecule has 1 fully saturated rings. The fraction of sp³-hybridized carbons (Fsp3) is 0.450. The van der Waals surface area contributed by atoms with Gasteiger partial charge in [-0.25, -0.2) is 0 Å². The van der Waals surface area contributed by atoms with Crippen molar-refractivity contribution in [2.24, 2.45) is 7.05 Å². The van der Waals surface area contributed by atoms with Gasteiger partial charge >= 0.3 is 0 Å². The predicted octanol–water partition coefficient (Wildman–Crippen LogP) is 2.71. The van der Waals surface area contributed by atoms with Crippen LogP contribution in [0.4, 0.5) is 0 Å². The lowest BCUT2D eigenvalue weighted by molar-refractivity contribution is -0.129. The molecule has 2 unspecified atom stereocenters. The van der Waals surface area contributed by atoms with E-state index in [9.17, 15) is 9.59 Å². The molecular weight excluding hydrogens is 380 g/mol. The van der Waals surface area contributed by atoms with Crippen LogP contribution in [0.3, 0.4) is 0 Å². The topological polar surface area (TPSA) is 76.5 Å². The van der Waals surface area contributed by atoms with Gasteiger partial charge in [0.2, 0.25) is 5.91 Å². The molecule has 1 N–H and O–H groups in total. The molecule has 2 amide bonds. The first-order chi connectivity index (χ1) is 13.4. The Bertz CT molecular complexity index is 928. The Morgan fingerprint density at radius 1 is 1.32 bits per heavy atom. The van der Waals surface area contributed by atoms with E-state index in [4.69, 9.17) is 16.3 Å². The van der Waals surface area contributed by atoms with Crippen molar-refractivity contribution in [2.75, 3.05) is 13.6 Å². The first kappa shape index (κ1) is 18.8. The molecule has 0 saturated carbocycles. The molecule has 0 aliphatic carbocycles. The molecule has 4 rings (SSSR count). The summed E-state index contributed by atoms with van der Waals surface area (Å²) in [6.07, 6.45) is 3.98. The Morgan fingerprint density at radius 3 is 2.86 bits per heavy atom. The Kier molecular flexibility index (Phi) is 4.79. The molecule has 3 heterocycles. The maximum absolute atomic E-state index is 12.8. The molecule has 148 valence electrons. The summed E-state index contributed by atoms with van der Waals surface area (Å²) in [5.74, 6) is 0.563. The smallest absolute Gasteiger partial charge is 0.273 e. The molecule has 1 aromatic heterocycles. The van der Waals surface area contributed by atoms with Crippen LogP contribution in [-0.4, -0.2) is 45.7 Å². The second-order valence-electron chi connectivity index (χ2n) is 7.62. The zero-order chi connectivity index (χ0) is 19.9. The van der Waals surface area contributed by atoms with Gasteiger partial charge in [-0.1, -0.05) is 29.8 Å². The van der Waals surface area contributed by atoms with Crippen molar-refractivity contribution < 1.29 is 14.3 Å². The number of carbonyl (C=O) groups excluding carboxylic acids is 2. The Hall–Kier alpha value is -2.54. The molecule has 0 bridgehead atoms. The summed E-state index contributed by atoms with van der Waals surface area (Å²) in [7, 11) is 3.54. The van der Waals surface area contributed by atoms with Gasteiger partial charge in [-0.05, 0) is 12.5 Å². The molecule has 8 heteroatoms. The molecule has 1 spiro atoms. The van der Waals surface area contributed by atoms with Crippen molar-refractivity contribution in [1.29, 1.82) is 0 Å². The van der Waals surface area contributed by atoms with Crippen LogP contribution >= 0.6 is 11.6 Å². The van der Waals surface area contributed by atoms with Crippen molar-refractivity contribution in [2.45, 2.75) is 37.3 Å². The Morgan fingerprint density at radius 2 is 2.11 bits per heavy atom. The fourth-order valence-electron chi connectivity index (χ4n) is 4.04. The summed E-state index contributed by atoms with van der Waals surface area (Å²) in [6.45, 7) is 0.633. The zero-order valence-electron chi connectivity index (χ0n) is 15.9. The van der Waals surface area contributed by atoms with Gasteiger partial charge in [0.15, 0.2) is 5.69 Å². The second-order valence-corrected chi connectivity index (χ2v) is 8.02. The van der Waals surface area contributed by atoms with Crippen LogP contribution in [0.25, 0.3) is 0 Å². The molecule has 2 aliphatic heterocycles. The van der Waals surface area contributed by atoms with E-state index in [1.54, 1.807) is 18.1 Å². The van der Waals surface area contributed by atoms with Gasteiger partial charge in [0.05, 0.1) is 11.1 Å². The number of benzene rings is 1. The van der Waals surface area contributed by atoms with Gasteiger partial charge < -0.3 is 15.0 Å². The number of hydrogen-bond acceptors (Lipinski definition) is 4. The van der Waals surface area contributed by atoms with Crippen molar-refractivity contribution in [1.82, 2.24) is 20.0 Å². The number of para-hydroxylation sites is 1. The standard InChI is InChI=1S/C20H23ClN4O3/c1-24-10-9-20(8-7-17(24)26)11-15(13-5-3-4-6-16(13)28-20)22-19(27)18-14(21)12-25(2)23-18/h3-6,12,15H,7-11H2,1-2H3,(H,22,27). The summed E-state index contributed by atoms with van der Waals surface area (Å²) in [4.78, 5) is 26.7. The third-order valence-electron chi connectivity index (χ3n) is 5.62. The molecule has 7 nitrogen and oxygen atoms in total. The first-order valence-electron chi connectivity index (χ1n) is 9.39. The van der Waals surface area contributed by atoms with Crippen LogP contribution in [0.1, 0.15) is 47.8 Å². The number of fused-ring (bicyclic) bond motifs is 1. The highest BCUT2D eigenvalue weighted by Gasteiger charge is 2.43. The van der Waals surface area contributed by atoms with Crippen molar-refractivity contribution in [3.8, 4) is 5.75 Å². The summed E-state index contributed by atoms with van der Waals surface area (Å²) in [6, 6.07) is 7.48. The third kappa shape index (κ3) is 3.46. The van der Waals surface area contributed by atoms with Gasteiger partial charge in [0.25, 0.3) is 5.91 Å². The van der Waals surface area contributed by atoms with E-state index in [0.29, 0.717) is 30.8 Å². The van der Waals surface area contributed by atoms with E-state index in [1.165, 1.54) is 4.68 Å². The van der Waals surface area contributed by atoms with Crippen molar-refractivity contribution >= 4 is 23.4 Å². The highest BCUT2D eigenvalue weighted by atomic mass is 35.5. The molecule has 0 radical (unpaired) electrons. The number of hydrogen-bond donors (Lipinski definition) is 1. The molecule has 2 aliphatic rings. The Labute approximate surface area is 168 Å². The highest BCUT2D eigenvalue weighted by molar-refractivity contribution is 6.33. The quantitative estimate of drug-likeness (QED) is 0.837. The van der Waals surface area contributed by atoms with Gasteiger partial charge in [-0.3, -0.25) is 14.3 Å². The minimum atomic E-state index is -0.485. The van der Waals surface area contributed by atoms with Crippen LogP contribution < -0.4 is 10.1 Å². The van der Waals surface area contributed by atoms with Crippen LogP contribution in [0, 0.1) is 0 Å². The van der Waals surface area contributed by atoms with Crippen LogP contribution in [0.2, 0.25) is 5.02 Å². The lowest BCUT2D eigenvalue weighted by Gasteiger charge is -2.42. The summed E-state index contributed by atoms with van der Waals surface area (Å²) in [5, 5.41) is 7.56. The lowest BCUT2D eigenvalue weighted by atomic mass is 9.82. The highest BCUT2D eigenvalue weighted by Crippen LogP contribution is 2.44. The number of carbonyl (C=O) groups is 2. The van der Waals surface area contributed by atoms with Gasteiger partial charge in [0.1, 0.15) is 11.4 Å². The average molecular weight is 403 g/mol. The summed E-state index contributed by atoms with van der Waals surface area (Å²) < 4.78 is 7.92. The van der Waals surface area contributed by atoms with Crippen LogP contribution in [0.15, 0.2) is 30.5 Å². The van der Waals surface area contributed by atoms with Gasteiger partial charge in [-0.2, -0.15) is 5.10 Å². The molecular formula is C20H23ClN4O3. The average Bonchev–Trinajstić information content (AvgIpc) is 2.96. The number of likely N-dealkylation sites (tertiary alicyclic amines) is 1. The largest absolute Gasteiger partial charge is 0.487 e. The van der Waals surface area contributed by atoms with Crippen molar-refractivity contribution in [3.63, 3.8) is 0 Å².